The summed E-state index contributed by atoms with van der Waals surface area (Å²) in [7, 11) is 0. The molecular weight excluding hydrogens is 216 g/mol. The second kappa shape index (κ2) is 4.63. The van der Waals surface area contributed by atoms with Crippen molar-refractivity contribution < 1.29 is 4.74 Å². The Hall–Kier alpha value is -1.13. The van der Waals surface area contributed by atoms with Gasteiger partial charge < -0.3 is 15.0 Å². The monoisotopic (exact) mass is 236 g/mol. The minimum Gasteiger partial charge on any atom is -0.376 e. The van der Waals surface area contributed by atoms with Gasteiger partial charge in [-0.1, -0.05) is 6.07 Å². The van der Waals surface area contributed by atoms with Crippen molar-refractivity contribution in [3.63, 3.8) is 0 Å². The molecule has 2 rings (SSSR count). The fraction of sp³-hybridized carbons (Fsp3) is 0.615. The number of pyridine rings is 1. The summed E-state index contributed by atoms with van der Waals surface area (Å²) in [6.45, 7) is 5.13. The third kappa shape index (κ3) is 2.76. The van der Waals surface area contributed by atoms with Crippen molar-refractivity contribution in [1.82, 2.24) is 4.57 Å². The van der Waals surface area contributed by atoms with E-state index >= 15 is 0 Å². The summed E-state index contributed by atoms with van der Waals surface area (Å²) < 4.78 is 7.25. The van der Waals surface area contributed by atoms with Crippen LogP contribution < -0.4 is 11.3 Å². The van der Waals surface area contributed by atoms with Crippen LogP contribution in [0.4, 0.5) is 0 Å². The Morgan fingerprint density at radius 2 is 2.35 bits per heavy atom. The normalized spacial score (nSPS) is 20.8. The lowest BCUT2D eigenvalue weighted by atomic mass is 9.97. The van der Waals surface area contributed by atoms with Crippen molar-refractivity contribution in [3.05, 3.63) is 34.2 Å². The van der Waals surface area contributed by atoms with E-state index in [-0.39, 0.29) is 11.7 Å². The maximum atomic E-state index is 12.2. The van der Waals surface area contributed by atoms with E-state index in [9.17, 15) is 4.79 Å². The standard InChI is InChI=1S/C13H20N2O2/c1-13(2,14)11-6-3-7-15(12(11)16)9-10-5-4-8-17-10/h3,6-7,10H,4-5,8-9,14H2,1-2H3. The molecule has 1 aromatic rings. The van der Waals surface area contributed by atoms with Crippen LogP contribution in [0.25, 0.3) is 0 Å². The molecule has 1 aliphatic rings. The van der Waals surface area contributed by atoms with Gasteiger partial charge in [0.05, 0.1) is 12.6 Å². The number of hydrogen-bond donors (Lipinski definition) is 1. The third-order valence-electron chi connectivity index (χ3n) is 3.14. The summed E-state index contributed by atoms with van der Waals surface area (Å²) in [6, 6.07) is 3.68. The Kier molecular flexibility index (Phi) is 3.35. The Balaban J connectivity index is 2.26. The molecule has 0 radical (unpaired) electrons. The van der Waals surface area contributed by atoms with Gasteiger partial charge in [0.2, 0.25) is 0 Å². The van der Waals surface area contributed by atoms with E-state index in [0.717, 1.165) is 19.4 Å². The molecule has 1 atom stereocenters. The summed E-state index contributed by atoms with van der Waals surface area (Å²) in [6.07, 6.45) is 4.09. The molecule has 2 heterocycles. The van der Waals surface area contributed by atoms with Crippen LogP contribution in [0.15, 0.2) is 23.1 Å². The summed E-state index contributed by atoms with van der Waals surface area (Å²) in [5.41, 5.74) is 6.04. The Bertz CT molecular complexity index is 439. The molecule has 0 bridgehead atoms. The Labute approximate surface area is 101 Å². The lowest BCUT2D eigenvalue weighted by Crippen LogP contribution is -2.38. The minimum atomic E-state index is -0.601. The SMILES string of the molecule is CC(C)(N)c1cccn(CC2CCCO2)c1=O. The van der Waals surface area contributed by atoms with Crippen molar-refractivity contribution in [2.24, 2.45) is 5.73 Å². The summed E-state index contributed by atoms with van der Waals surface area (Å²) in [4.78, 5) is 12.2. The van der Waals surface area contributed by atoms with E-state index in [0.29, 0.717) is 12.1 Å². The third-order valence-corrected chi connectivity index (χ3v) is 3.14. The van der Waals surface area contributed by atoms with E-state index < -0.39 is 5.54 Å². The number of nitrogens with two attached hydrogens (primary N) is 1. The Morgan fingerprint density at radius 3 is 2.94 bits per heavy atom. The lowest BCUT2D eigenvalue weighted by Gasteiger charge is -2.20. The molecule has 0 amide bonds. The van der Waals surface area contributed by atoms with E-state index in [1.807, 2.05) is 19.9 Å². The molecule has 0 aliphatic carbocycles. The average Bonchev–Trinajstić information content (AvgIpc) is 2.72. The van der Waals surface area contributed by atoms with Gasteiger partial charge in [0.15, 0.2) is 0 Å². The van der Waals surface area contributed by atoms with Crippen LogP contribution in [-0.2, 0) is 16.8 Å². The number of rotatable bonds is 3. The molecule has 1 aromatic heterocycles. The molecule has 94 valence electrons. The van der Waals surface area contributed by atoms with Gasteiger partial charge in [-0.25, -0.2) is 0 Å². The highest BCUT2D eigenvalue weighted by Gasteiger charge is 2.21. The van der Waals surface area contributed by atoms with Gasteiger partial charge in [0.25, 0.3) is 5.56 Å². The summed E-state index contributed by atoms with van der Waals surface area (Å²) in [5.74, 6) is 0. The number of hydrogen-bond acceptors (Lipinski definition) is 3. The van der Waals surface area contributed by atoms with Crippen molar-refractivity contribution in [2.45, 2.75) is 44.9 Å². The molecular formula is C13H20N2O2. The number of ether oxygens (including phenoxy) is 1. The van der Waals surface area contributed by atoms with E-state index in [4.69, 9.17) is 10.5 Å². The fourth-order valence-corrected chi connectivity index (χ4v) is 2.18. The zero-order valence-electron chi connectivity index (χ0n) is 10.5. The highest BCUT2D eigenvalue weighted by atomic mass is 16.5. The number of nitrogens with zero attached hydrogens (tertiary/aromatic N) is 1. The highest BCUT2D eigenvalue weighted by Crippen LogP contribution is 2.15. The lowest BCUT2D eigenvalue weighted by molar-refractivity contribution is 0.0960. The van der Waals surface area contributed by atoms with Gasteiger partial charge in [-0.15, -0.1) is 0 Å². The maximum absolute atomic E-state index is 12.2. The first-order valence-corrected chi connectivity index (χ1v) is 6.09. The predicted molar refractivity (Wildman–Crippen MR) is 66.9 cm³/mol. The van der Waals surface area contributed by atoms with Gasteiger partial charge >= 0.3 is 0 Å². The van der Waals surface area contributed by atoms with Gasteiger partial charge in [0, 0.05) is 23.9 Å². The molecule has 1 aliphatic heterocycles. The minimum absolute atomic E-state index is 0.00417. The quantitative estimate of drug-likeness (QED) is 0.858. The molecule has 0 saturated carbocycles. The maximum Gasteiger partial charge on any atom is 0.255 e. The van der Waals surface area contributed by atoms with Crippen LogP contribution in [0.2, 0.25) is 0 Å². The highest BCUT2D eigenvalue weighted by molar-refractivity contribution is 5.18. The second-order valence-electron chi connectivity index (χ2n) is 5.24. The average molecular weight is 236 g/mol. The van der Waals surface area contributed by atoms with E-state index in [1.165, 1.54) is 0 Å². The molecule has 0 spiro atoms. The van der Waals surface area contributed by atoms with Gasteiger partial charge in [-0.05, 0) is 32.8 Å². The first kappa shape index (κ1) is 12.3. The van der Waals surface area contributed by atoms with Crippen LogP contribution in [0.3, 0.4) is 0 Å². The van der Waals surface area contributed by atoms with Crippen molar-refractivity contribution in [2.75, 3.05) is 6.61 Å². The predicted octanol–water partition coefficient (Wildman–Crippen LogP) is 1.22. The van der Waals surface area contributed by atoms with E-state index in [1.54, 1.807) is 16.8 Å². The van der Waals surface area contributed by atoms with Gasteiger partial charge in [-0.2, -0.15) is 0 Å². The first-order valence-electron chi connectivity index (χ1n) is 6.09. The molecule has 4 nitrogen and oxygen atoms in total. The topological polar surface area (TPSA) is 57.2 Å². The molecule has 4 heteroatoms. The Morgan fingerprint density at radius 1 is 1.59 bits per heavy atom. The van der Waals surface area contributed by atoms with Gasteiger partial charge in [-0.3, -0.25) is 4.79 Å². The van der Waals surface area contributed by atoms with E-state index in [2.05, 4.69) is 0 Å². The van der Waals surface area contributed by atoms with Crippen LogP contribution >= 0.6 is 0 Å². The number of aromatic nitrogens is 1. The molecule has 2 N–H and O–H groups in total. The van der Waals surface area contributed by atoms with Crippen molar-refractivity contribution >= 4 is 0 Å². The zero-order valence-corrected chi connectivity index (χ0v) is 10.5. The fourth-order valence-electron chi connectivity index (χ4n) is 2.18. The largest absolute Gasteiger partial charge is 0.376 e. The zero-order chi connectivity index (χ0) is 12.5. The van der Waals surface area contributed by atoms with Crippen LogP contribution in [0.5, 0.6) is 0 Å². The smallest absolute Gasteiger partial charge is 0.255 e. The van der Waals surface area contributed by atoms with Crippen molar-refractivity contribution in [1.29, 1.82) is 0 Å². The molecule has 1 fully saturated rings. The van der Waals surface area contributed by atoms with Crippen LogP contribution in [0.1, 0.15) is 32.3 Å². The second-order valence-corrected chi connectivity index (χ2v) is 5.24. The molecule has 1 saturated heterocycles. The van der Waals surface area contributed by atoms with Crippen LogP contribution in [0, 0.1) is 0 Å². The van der Waals surface area contributed by atoms with Crippen molar-refractivity contribution in [3.8, 4) is 0 Å². The molecule has 0 aromatic carbocycles. The van der Waals surface area contributed by atoms with Crippen LogP contribution in [-0.4, -0.2) is 17.3 Å². The molecule has 1 unspecified atom stereocenters. The first-order chi connectivity index (χ1) is 7.98. The summed E-state index contributed by atoms with van der Waals surface area (Å²) in [5, 5.41) is 0. The van der Waals surface area contributed by atoms with Gasteiger partial charge in [0.1, 0.15) is 0 Å². The molecule has 17 heavy (non-hydrogen) atoms. The summed E-state index contributed by atoms with van der Waals surface area (Å²) >= 11 is 0.